The lowest BCUT2D eigenvalue weighted by molar-refractivity contribution is -0.937. The minimum absolute atomic E-state index is 0.756. The average molecular weight is 218 g/mol. The molecule has 0 saturated carbocycles. The van der Waals surface area contributed by atoms with Crippen LogP contribution in [0, 0.1) is 6.92 Å². The third-order valence-corrected chi connectivity index (χ3v) is 4.18. The lowest BCUT2D eigenvalue weighted by atomic mass is 9.94. The summed E-state index contributed by atoms with van der Waals surface area (Å²) < 4.78 is 0. The fourth-order valence-corrected chi connectivity index (χ4v) is 3.32. The smallest absolute Gasteiger partial charge is 0.163 e. The molecule has 1 saturated heterocycles. The van der Waals surface area contributed by atoms with E-state index in [9.17, 15) is 0 Å². The number of benzene rings is 1. The first-order valence-electron chi connectivity index (χ1n) is 6.60. The van der Waals surface area contributed by atoms with Crippen LogP contribution in [0.2, 0.25) is 0 Å². The second-order valence-electron chi connectivity index (χ2n) is 5.35. The number of hydrogen-bond acceptors (Lipinski definition) is 0. The number of quaternary nitrogens is 2. The predicted octanol–water partition coefficient (Wildman–Crippen LogP) is -0.208. The third-order valence-electron chi connectivity index (χ3n) is 4.18. The molecular formula is C14H22N2+2. The van der Waals surface area contributed by atoms with E-state index in [4.69, 9.17) is 0 Å². The first kappa shape index (κ1) is 10.3. The predicted molar refractivity (Wildman–Crippen MR) is 64.3 cm³/mol. The molecule has 2 nitrogen and oxygen atoms in total. The van der Waals surface area contributed by atoms with Crippen molar-refractivity contribution in [3.8, 4) is 0 Å². The van der Waals surface area contributed by atoms with Crippen LogP contribution < -0.4 is 10.2 Å². The SMILES string of the molecule is Cc1ccc2c(c1)[C@@H]([NH+]1CCCC1)C[NH2+]C2. The van der Waals surface area contributed by atoms with Gasteiger partial charge in [-0.05, 0) is 13.0 Å². The Balaban J connectivity index is 1.94. The number of rotatable bonds is 1. The van der Waals surface area contributed by atoms with Crippen molar-refractivity contribution in [2.75, 3.05) is 19.6 Å². The van der Waals surface area contributed by atoms with E-state index in [1.807, 2.05) is 4.90 Å². The molecule has 0 aromatic heterocycles. The molecule has 1 aromatic rings. The van der Waals surface area contributed by atoms with Gasteiger partial charge in [0, 0.05) is 24.0 Å². The molecule has 1 fully saturated rings. The van der Waals surface area contributed by atoms with E-state index in [0.29, 0.717) is 0 Å². The Morgan fingerprint density at radius 1 is 1.25 bits per heavy atom. The van der Waals surface area contributed by atoms with E-state index in [-0.39, 0.29) is 0 Å². The van der Waals surface area contributed by atoms with Crippen molar-refractivity contribution in [3.63, 3.8) is 0 Å². The molecule has 2 aliphatic heterocycles. The summed E-state index contributed by atoms with van der Waals surface area (Å²) in [6.45, 7) is 7.44. The van der Waals surface area contributed by atoms with E-state index in [0.717, 1.165) is 6.04 Å². The molecule has 3 N–H and O–H groups in total. The van der Waals surface area contributed by atoms with E-state index in [2.05, 4.69) is 30.4 Å². The Hall–Kier alpha value is -0.860. The van der Waals surface area contributed by atoms with Crippen LogP contribution in [0.25, 0.3) is 0 Å². The molecule has 1 aromatic carbocycles. The summed E-state index contributed by atoms with van der Waals surface area (Å²) in [7, 11) is 0. The van der Waals surface area contributed by atoms with Gasteiger partial charge in [0.25, 0.3) is 0 Å². The molecule has 3 rings (SSSR count). The van der Waals surface area contributed by atoms with Crippen LogP contribution in [-0.4, -0.2) is 19.6 Å². The van der Waals surface area contributed by atoms with E-state index >= 15 is 0 Å². The van der Waals surface area contributed by atoms with E-state index < -0.39 is 0 Å². The zero-order valence-corrected chi connectivity index (χ0v) is 10.1. The molecule has 0 bridgehead atoms. The Kier molecular flexibility index (Phi) is 2.70. The zero-order chi connectivity index (χ0) is 11.0. The highest BCUT2D eigenvalue weighted by Gasteiger charge is 2.33. The maximum Gasteiger partial charge on any atom is 0.163 e. The van der Waals surface area contributed by atoms with E-state index in [1.165, 1.54) is 44.6 Å². The molecule has 0 aliphatic carbocycles. The van der Waals surface area contributed by atoms with Gasteiger partial charge < -0.3 is 10.2 Å². The maximum absolute atomic E-state index is 2.48. The molecule has 16 heavy (non-hydrogen) atoms. The van der Waals surface area contributed by atoms with Crippen LogP contribution in [0.1, 0.15) is 35.6 Å². The van der Waals surface area contributed by atoms with Crippen molar-refractivity contribution >= 4 is 0 Å². The average Bonchev–Trinajstić information content (AvgIpc) is 2.81. The summed E-state index contributed by atoms with van der Waals surface area (Å²) in [5.74, 6) is 0. The minimum Gasteiger partial charge on any atom is -0.337 e. The summed E-state index contributed by atoms with van der Waals surface area (Å²) in [4.78, 5) is 1.82. The topological polar surface area (TPSA) is 21.1 Å². The summed E-state index contributed by atoms with van der Waals surface area (Å²) in [5, 5.41) is 2.48. The monoisotopic (exact) mass is 218 g/mol. The van der Waals surface area contributed by atoms with Crippen molar-refractivity contribution in [2.45, 2.75) is 32.4 Å². The highest BCUT2D eigenvalue weighted by atomic mass is 15.2. The second-order valence-corrected chi connectivity index (χ2v) is 5.35. The number of nitrogens with two attached hydrogens (primary N) is 1. The van der Waals surface area contributed by atoms with Crippen molar-refractivity contribution in [3.05, 3.63) is 34.9 Å². The Morgan fingerprint density at radius 2 is 2.06 bits per heavy atom. The third kappa shape index (κ3) is 1.76. The van der Waals surface area contributed by atoms with Gasteiger partial charge in [0.2, 0.25) is 0 Å². The normalized spacial score (nSPS) is 25.7. The lowest BCUT2D eigenvalue weighted by Gasteiger charge is -2.28. The van der Waals surface area contributed by atoms with Gasteiger partial charge >= 0.3 is 0 Å². The Labute approximate surface area is 97.6 Å². The Morgan fingerprint density at radius 3 is 2.88 bits per heavy atom. The molecule has 0 spiro atoms. The Bertz CT molecular complexity index is 380. The quantitative estimate of drug-likeness (QED) is 0.651. The molecule has 1 atom stereocenters. The summed E-state index contributed by atoms with van der Waals surface area (Å²) in [5.41, 5.74) is 4.63. The molecule has 2 heteroatoms. The molecule has 2 aliphatic rings. The maximum atomic E-state index is 2.48. The van der Waals surface area contributed by atoms with Crippen LogP contribution in [0.5, 0.6) is 0 Å². The van der Waals surface area contributed by atoms with Crippen molar-refractivity contribution in [1.82, 2.24) is 0 Å². The van der Waals surface area contributed by atoms with Crippen molar-refractivity contribution in [2.24, 2.45) is 0 Å². The molecule has 0 unspecified atom stereocenters. The molecule has 2 heterocycles. The number of hydrogen-bond donors (Lipinski definition) is 2. The fraction of sp³-hybridized carbons (Fsp3) is 0.571. The van der Waals surface area contributed by atoms with Gasteiger partial charge in [-0.2, -0.15) is 0 Å². The van der Waals surface area contributed by atoms with Gasteiger partial charge in [-0.1, -0.05) is 17.7 Å². The van der Waals surface area contributed by atoms with Crippen molar-refractivity contribution < 1.29 is 10.2 Å². The highest BCUT2D eigenvalue weighted by molar-refractivity contribution is 5.33. The van der Waals surface area contributed by atoms with Crippen molar-refractivity contribution in [1.29, 1.82) is 0 Å². The number of nitrogens with one attached hydrogen (secondary N) is 1. The van der Waals surface area contributed by atoms with E-state index in [1.54, 1.807) is 11.1 Å². The molecular weight excluding hydrogens is 196 g/mol. The van der Waals surface area contributed by atoms with Gasteiger partial charge in [0.05, 0.1) is 13.1 Å². The number of likely N-dealkylation sites (tertiary alicyclic amines) is 1. The standard InChI is InChI=1S/C14H20N2/c1-11-4-5-12-9-15-10-14(13(12)8-11)16-6-2-3-7-16/h4-5,8,14-15H,2-3,6-7,9-10H2,1H3/p+2/t14-/m0/s1. The molecule has 0 radical (unpaired) electrons. The van der Waals surface area contributed by atoms with Crippen LogP contribution >= 0.6 is 0 Å². The van der Waals surface area contributed by atoms with Crippen LogP contribution in [0.4, 0.5) is 0 Å². The van der Waals surface area contributed by atoms with Crippen LogP contribution in [0.3, 0.4) is 0 Å². The summed E-state index contributed by atoms with van der Waals surface area (Å²) in [6.07, 6.45) is 2.85. The zero-order valence-electron chi connectivity index (χ0n) is 10.1. The van der Waals surface area contributed by atoms with Crippen LogP contribution in [0.15, 0.2) is 18.2 Å². The van der Waals surface area contributed by atoms with Gasteiger partial charge in [-0.15, -0.1) is 0 Å². The first-order chi connectivity index (χ1) is 7.84. The van der Waals surface area contributed by atoms with Gasteiger partial charge in [-0.3, -0.25) is 0 Å². The second kappa shape index (κ2) is 4.19. The summed E-state index contributed by atoms with van der Waals surface area (Å²) in [6, 6.07) is 7.78. The van der Waals surface area contributed by atoms with Gasteiger partial charge in [-0.25, -0.2) is 0 Å². The van der Waals surface area contributed by atoms with Gasteiger partial charge in [0.15, 0.2) is 6.04 Å². The van der Waals surface area contributed by atoms with Gasteiger partial charge in [0.1, 0.15) is 13.1 Å². The first-order valence-corrected chi connectivity index (χ1v) is 6.60. The number of aryl methyl sites for hydroxylation is 1. The molecule has 0 amide bonds. The fourth-order valence-electron chi connectivity index (χ4n) is 3.32. The lowest BCUT2D eigenvalue weighted by Crippen LogP contribution is -3.13. The summed E-state index contributed by atoms with van der Waals surface area (Å²) >= 11 is 0. The van der Waals surface area contributed by atoms with Crippen LogP contribution in [-0.2, 0) is 6.54 Å². The number of fused-ring (bicyclic) bond motifs is 1. The minimum atomic E-state index is 0.756. The largest absolute Gasteiger partial charge is 0.337 e. The molecule has 86 valence electrons. The highest BCUT2D eigenvalue weighted by Crippen LogP contribution is 2.19.